The van der Waals surface area contributed by atoms with Crippen LogP contribution in [0.5, 0.6) is 0 Å². The summed E-state index contributed by atoms with van der Waals surface area (Å²) in [5.41, 5.74) is 2.12. The van der Waals surface area contributed by atoms with E-state index in [1.807, 2.05) is 68.4 Å². The van der Waals surface area contributed by atoms with Crippen molar-refractivity contribution in [2.45, 2.75) is 30.5 Å². The molecule has 0 aliphatic rings. The predicted molar refractivity (Wildman–Crippen MR) is 101 cm³/mol. The number of H-pyrrole nitrogens is 1. The fraction of sp³-hybridized carbons (Fsp3) is 0.211. The van der Waals surface area contributed by atoms with Gasteiger partial charge >= 0.3 is 10.7 Å². The van der Waals surface area contributed by atoms with Gasteiger partial charge in [-0.25, -0.2) is 4.79 Å². The Morgan fingerprint density at radius 3 is 2.54 bits per heavy atom. The average molecular weight is 370 g/mol. The second-order valence-corrected chi connectivity index (χ2v) is 7.02. The molecule has 1 heterocycles. The van der Waals surface area contributed by atoms with Crippen LogP contribution in [0.15, 0.2) is 68.9 Å². The molecule has 0 bridgehead atoms. The third kappa shape index (κ3) is 4.05. The van der Waals surface area contributed by atoms with Crippen molar-refractivity contribution in [1.29, 1.82) is 0 Å². The topological polar surface area (TPSA) is 79.0 Å². The maximum absolute atomic E-state index is 12.6. The van der Waals surface area contributed by atoms with E-state index in [0.29, 0.717) is 11.4 Å². The van der Waals surface area contributed by atoms with Gasteiger partial charge in [-0.1, -0.05) is 42.8 Å². The fourth-order valence-electron chi connectivity index (χ4n) is 2.43. The van der Waals surface area contributed by atoms with E-state index in [1.54, 1.807) is 4.68 Å². The molecule has 3 rings (SSSR count). The first kappa shape index (κ1) is 18.0. The van der Waals surface area contributed by atoms with Gasteiger partial charge in [0, 0.05) is 17.8 Å². The summed E-state index contributed by atoms with van der Waals surface area (Å²) in [6.07, 6.45) is 0.571. The van der Waals surface area contributed by atoms with E-state index in [-0.39, 0.29) is 5.91 Å². The molecule has 2 N–H and O–H groups in total. The van der Waals surface area contributed by atoms with E-state index in [9.17, 15) is 9.59 Å². The lowest BCUT2D eigenvalue weighted by atomic mass is 10.2. The lowest BCUT2D eigenvalue weighted by Crippen LogP contribution is -2.37. The van der Waals surface area contributed by atoms with Gasteiger partial charge in [0.15, 0.2) is 0 Å². The number of aromatic amines is 1. The van der Waals surface area contributed by atoms with Crippen LogP contribution in [0.1, 0.15) is 18.9 Å². The van der Waals surface area contributed by atoms with Crippen LogP contribution in [-0.2, 0) is 4.79 Å². The van der Waals surface area contributed by atoms with E-state index in [4.69, 9.17) is 4.52 Å². The number of para-hydroxylation sites is 1. The minimum atomic E-state index is -0.500. The lowest BCUT2D eigenvalue weighted by Gasteiger charge is -2.12. The molecule has 1 atom stereocenters. The third-order valence-electron chi connectivity index (χ3n) is 3.86. The van der Waals surface area contributed by atoms with Gasteiger partial charge in [-0.3, -0.25) is 9.32 Å². The van der Waals surface area contributed by atoms with E-state index in [2.05, 4.69) is 10.6 Å². The van der Waals surface area contributed by atoms with Crippen molar-refractivity contribution in [1.82, 2.24) is 5.27 Å². The summed E-state index contributed by atoms with van der Waals surface area (Å²) < 4.78 is 6.49. The van der Waals surface area contributed by atoms with Gasteiger partial charge in [0.05, 0.1) is 5.25 Å². The Morgan fingerprint density at radius 2 is 1.88 bits per heavy atom. The Kier molecular flexibility index (Phi) is 5.58. The average Bonchev–Trinajstić information content (AvgIpc) is 3.02. The van der Waals surface area contributed by atoms with Crippen molar-refractivity contribution in [3.8, 4) is 5.69 Å². The summed E-state index contributed by atoms with van der Waals surface area (Å²) in [5, 5.41) is 5.40. The first-order valence-electron chi connectivity index (χ1n) is 8.31. The molecule has 0 saturated carbocycles. The fourth-order valence-corrected chi connectivity index (χ4v) is 3.42. The van der Waals surface area contributed by atoms with Crippen LogP contribution < -0.4 is 15.6 Å². The molecule has 134 valence electrons. The number of rotatable bonds is 6. The summed E-state index contributed by atoms with van der Waals surface area (Å²) in [6.45, 7) is 3.90. The van der Waals surface area contributed by atoms with E-state index >= 15 is 0 Å². The normalized spacial score (nSPS) is 11.9. The SMILES string of the molecule is CCC(Sc1c(=O)o[nH][n+]1-c1ccccc1)C(=O)Nc1ccc(C)cc1. The van der Waals surface area contributed by atoms with Crippen LogP contribution in [0, 0.1) is 6.92 Å². The molecule has 0 fully saturated rings. The van der Waals surface area contributed by atoms with Crippen LogP contribution in [0.4, 0.5) is 5.69 Å². The Hall–Kier alpha value is -2.80. The van der Waals surface area contributed by atoms with E-state index < -0.39 is 10.9 Å². The number of hydrogen-bond acceptors (Lipinski definition) is 4. The number of aromatic nitrogens is 2. The Morgan fingerprint density at radius 1 is 1.19 bits per heavy atom. The number of nitrogens with one attached hydrogen (secondary N) is 2. The van der Waals surface area contributed by atoms with Crippen molar-refractivity contribution in [2.24, 2.45) is 0 Å². The summed E-state index contributed by atoms with van der Waals surface area (Å²) in [7, 11) is 0. The molecule has 0 spiro atoms. The third-order valence-corrected chi connectivity index (χ3v) is 5.26. The molecular formula is C19H20N3O3S+. The highest BCUT2D eigenvalue weighted by Crippen LogP contribution is 2.22. The molecule has 0 saturated heterocycles. The quantitative estimate of drug-likeness (QED) is 0.516. The number of anilines is 1. The minimum absolute atomic E-state index is 0.151. The largest absolute Gasteiger partial charge is 0.442 e. The number of nitrogens with zero attached hydrogens (tertiary/aromatic N) is 1. The summed E-state index contributed by atoms with van der Waals surface area (Å²) >= 11 is 1.19. The van der Waals surface area contributed by atoms with Crippen LogP contribution in [0.25, 0.3) is 5.69 Å². The van der Waals surface area contributed by atoms with Crippen molar-refractivity contribution < 1.29 is 14.0 Å². The van der Waals surface area contributed by atoms with Crippen LogP contribution in [0.2, 0.25) is 0 Å². The minimum Gasteiger partial charge on any atom is -0.325 e. The number of benzene rings is 2. The number of carbonyl (C=O) groups is 1. The first-order valence-corrected chi connectivity index (χ1v) is 9.19. The molecule has 1 aromatic heterocycles. The zero-order valence-corrected chi connectivity index (χ0v) is 15.4. The zero-order valence-electron chi connectivity index (χ0n) is 14.6. The van der Waals surface area contributed by atoms with Crippen molar-refractivity contribution in [3.05, 3.63) is 70.6 Å². The molecule has 7 heteroatoms. The maximum Gasteiger partial charge on any atom is 0.442 e. The number of hydrogen-bond donors (Lipinski definition) is 2. The van der Waals surface area contributed by atoms with Crippen molar-refractivity contribution in [2.75, 3.05) is 5.32 Å². The predicted octanol–water partition coefficient (Wildman–Crippen LogP) is 3.06. The van der Waals surface area contributed by atoms with Gasteiger partial charge < -0.3 is 5.32 Å². The standard InChI is InChI=1S/C19H19N3O3S/c1-3-16(17(23)20-14-11-9-13(2)10-12-14)26-18-19(24)25-21-22(18)15-7-5-4-6-8-15/h4-12,16H,3H2,1-2H3,(H-,20,21,23,24)/p+1. The first-order chi connectivity index (χ1) is 12.6. The van der Waals surface area contributed by atoms with Gasteiger partial charge in [-0.15, -0.1) is 0 Å². The molecule has 3 aromatic rings. The summed E-state index contributed by atoms with van der Waals surface area (Å²) in [5.74, 6) is -0.151. The molecule has 1 amide bonds. The Labute approximate surface area is 155 Å². The number of aryl methyl sites for hydroxylation is 1. The Bertz CT molecular complexity index is 933. The number of carbonyl (C=O) groups excluding carboxylic acids is 1. The highest BCUT2D eigenvalue weighted by Gasteiger charge is 2.30. The van der Waals surface area contributed by atoms with Crippen molar-refractivity contribution in [3.63, 3.8) is 0 Å². The zero-order chi connectivity index (χ0) is 18.5. The van der Waals surface area contributed by atoms with Crippen LogP contribution in [-0.4, -0.2) is 16.4 Å². The van der Waals surface area contributed by atoms with Crippen molar-refractivity contribution >= 4 is 23.4 Å². The highest BCUT2D eigenvalue weighted by atomic mass is 32.2. The van der Waals surface area contributed by atoms with Gasteiger partial charge in [-0.2, -0.15) is 0 Å². The molecular weight excluding hydrogens is 350 g/mol. The number of amides is 1. The monoisotopic (exact) mass is 370 g/mol. The van der Waals surface area contributed by atoms with Gasteiger partial charge in [0.25, 0.3) is 0 Å². The van der Waals surface area contributed by atoms with Crippen LogP contribution in [0.3, 0.4) is 0 Å². The molecule has 0 aliphatic heterocycles. The van der Waals surface area contributed by atoms with E-state index in [0.717, 1.165) is 16.9 Å². The van der Waals surface area contributed by atoms with Gasteiger partial charge in [-0.05, 0) is 47.2 Å². The second-order valence-electron chi connectivity index (χ2n) is 5.83. The number of thioether (sulfide) groups is 1. The highest BCUT2D eigenvalue weighted by molar-refractivity contribution is 8.00. The summed E-state index contributed by atoms with van der Waals surface area (Å²) in [6, 6.07) is 16.9. The molecule has 26 heavy (non-hydrogen) atoms. The van der Waals surface area contributed by atoms with Gasteiger partial charge in [0.2, 0.25) is 11.6 Å². The van der Waals surface area contributed by atoms with E-state index in [1.165, 1.54) is 11.8 Å². The molecule has 6 nitrogen and oxygen atoms in total. The molecule has 2 aromatic carbocycles. The lowest BCUT2D eigenvalue weighted by molar-refractivity contribution is -0.704. The maximum atomic E-state index is 12.6. The van der Waals surface area contributed by atoms with Crippen LogP contribution >= 0.6 is 11.8 Å². The molecule has 0 radical (unpaired) electrons. The second kappa shape index (κ2) is 8.05. The molecule has 1 unspecified atom stereocenters. The summed E-state index contributed by atoms with van der Waals surface area (Å²) in [4.78, 5) is 24.7. The Balaban J connectivity index is 1.80. The smallest absolute Gasteiger partial charge is 0.325 e. The van der Waals surface area contributed by atoms with Gasteiger partial charge in [0.1, 0.15) is 0 Å². The molecule has 0 aliphatic carbocycles.